The summed E-state index contributed by atoms with van der Waals surface area (Å²) in [5.74, 6) is -0.0183. The molecule has 10 heavy (non-hydrogen) atoms. The minimum absolute atomic E-state index is 0.123. The second-order valence-corrected chi connectivity index (χ2v) is 2.90. The highest BCUT2D eigenvalue weighted by molar-refractivity contribution is 5.76. The number of hydrogen-bond donors (Lipinski definition) is 2. The second-order valence-electron chi connectivity index (χ2n) is 2.90. The van der Waals surface area contributed by atoms with E-state index in [1.165, 1.54) is 0 Å². The molecule has 3 nitrogen and oxygen atoms in total. The van der Waals surface area contributed by atoms with E-state index in [0.717, 1.165) is 19.3 Å². The molecule has 58 valence electrons. The Balaban J connectivity index is 2.35. The van der Waals surface area contributed by atoms with Crippen molar-refractivity contribution in [2.45, 2.75) is 25.3 Å². The average molecular weight is 142 g/mol. The molecule has 1 fully saturated rings. The van der Waals surface area contributed by atoms with Gasteiger partial charge in [-0.2, -0.15) is 0 Å². The maximum absolute atomic E-state index is 10.7. The molecule has 1 aliphatic rings. The molecule has 1 amide bonds. The molecule has 0 spiro atoms. The van der Waals surface area contributed by atoms with Crippen LogP contribution in [0.4, 0.5) is 0 Å². The van der Waals surface area contributed by atoms with Crippen LogP contribution in [0.2, 0.25) is 0 Å². The SMILES string of the molecule is CNC1CCC(C(N)=O)C1. The van der Waals surface area contributed by atoms with Crippen molar-refractivity contribution in [1.29, 1.82) is 0 Å². The monoisotopic (exact) mass is 142 g/mol. The Hall–Kier alpha value is -0.570. The van der Waals surface area contributed by atoms with E-state index in [1.54, 1.807) is 0 Å². The number of amides is 1. The molecule has 0 aromatic rings. The Kier molecular flexibility index (Phi) is 2.27. The van der Waals surface area contributed by atoms with E-state index >= 15 is 0 Å². The lowest BCUT2D eigenvalue weighted by Gasteiger charge is -2.06. The maximum Gasteiger partial charge on any atom is 0.220 e. The predicted molar refractivity (Wildman–Crippen MR) is 39.4 cm³/mol. The highest BCUT2D eigenvalue weighted by Gasteiger charge is 2.26. The smallest absolute Gasteiger partial charge is 0.220 e. The minimum Gasteiger partial charge on any atom is -0.369 e. The minimum atomic E-state index is -0.141. The van der Waals surface area contributed by atoms with Crippen LogP contribution in [0.15, 0.2) is 0 Å². The van der Waals surface area contributed by atoms with Crippen molar-refractivity contribution in [3.63, 3.8) is 0 Å². The van der Waals surface area contributed by atoms with Gasteiger partial charge >= 0.3 is 0 Å². The summed E-state index contributed by atoms with van der Waals surface area (Å²) in [6.07, 6.45) is 2.97. The Labute approximate surface area is 61.0 Å². The molecule has 1 aliphatic carbocycles. The van der Waals surface area contributed by atoms with Gasteiger partial charge in [-0.05, 0) is 26.3 Å². The first-order chi connectivity index (χ1) is 4.74. The van der Waals surface area contributed by atoms with E-state index < -0.39 is 0 Å². The van der Waals surface area contributed by atoms with Crippen molar-refractivity contribution in [2.75, 3.05) is 7.05 Å². The Morgan fingerprint density at radius 3 is 2.60 bits per heavy atom. The van der Waals surface area contributed by atoms with Gasteiger partial charge in [0.2, 0.25) is 5.91 Å². The summed E-state index contributed by atoms with van der Waals surface area (Å²) >= 11 is 0. The van der Waals surface area contributed by atoms with Gasteiger partial charge in [-0.25, -0.2) is 0 Å². The number of carbonyl (C=O) groups is 1. The molecule has 3 N–H and O–H groups in total. The molecular formula is C7H14N2O. The molecule has 2 unspecified atom stereocenters. The Morgan fingerprint density at radius 2 is 2.30 bits per heavy atom. The third kappa shape index (κ3) is 1.48. The van der Waals surface area contributed by atoms with Gasteiger partial charge in [0.25, 0.3) is 0 Å². The molecule has 0 aromatic heterocycles. The highest BCUT2D eigenvalue weighted by Crippen LogP contribution is 2.24. The van der Waals surface area contributed by atoms with E-state index in [2.05, 4.69) is 5.32 Å². The van der Waals surface area contributed by atoms with Crippen molar-refractivity contribution in [1.82, 2.24) is 5.32 Å². The molecule has 0 saturated heterocycles. The normalized spacial score (nSPS) is 32.5. The van der Waals surface area contributed by atoms with Gasteiger partial charge in [-0.15, -0.1) is 0 Å². The van der Waals surface area contributed by atoms with Crippen LogP contribution in [0.25, 0.3) is 0 Å². The zero-order valence-electron chi connectivity index (χ0n) is 6.26. The number of primary amides is 1. The molecule has 3 heteroatoms. The van der Waals surface area contributed by atoms with E-state index in [9.17, 15) is 4.79 Å². The summed E-state index contributed by atoms with van der Waals surface area (Å²) in [5.41, 5.74) is 5.15. The fourth-order valence-electron chi connectivity index (χ4n) is 1.50. The van der Waals surface area contributed by atoms with Gasteiger partial charge < -0.3 is 11.1 Å². The first-order valence-electron chi connectivity index (χ1n) is 3.70. The molecule has 0 heterocycles. The first-order valence-corrected chi connectivity index (χ1v) is 3.70. The Bertz CT molecular complexity index is 136. The third-order valence-corrected chi connectivity index (χ3v) is 2.24. The molecule has 2 atom stereocenters. The summed E-state index contributed by atoms with van der Waals surface area (Å²) < 4.78 is 0. The maximum atomic E-state index is 10.7. The van der Waals surface area contributed by atoms with E-state index in [0.29, 0.717) is 6.04 Å². The number of hydrogen-bond acceptors (Lipinski definition) is 2. The van der Waals surface area contributed by atoms with Crippen LogP contribution >= 0.6 is 0 Å². The van der Waals surface area contributed by atoms with Gasteiger partial charge in [0, 0.05) is 12.0 Å². The van der Waals surface area contributed by atoms with Crippen molar-refractivity contribution in [3.8, 4) is 0 Å². The van der Waals surface area contributed by atoms with Crippen LogP contribution in [0, 0.1) is 5.92 Å². The zero-order chi connectivity index (χ0) is 7.56. The lowest BCUT2D eigenvalue weighted by Crippen LogP contribution is -2.25. The zero-order valence-corrected chi connectivity index (χ0v) is 6.26. The topological polar surface area (TPSA) is 55.1 Å². The van der Waals surface area contributed by atoms with Gasteiger partial charge in [0.15, 0.2) is 0 Å². The van der Waals surface area contributed by atoms with Crippen LogP contribution < -0.4 is 11.1 Å². The first kappa shape index (κ1) is 7.54. The lowest BCUT2D eigenvalue weighted by atomic mass is 10.1. The fraction of sp³-hybridized carbons (Fsp3) is 0.857. The fourth-order valence-corrected chi connectivity index (χ4v) is 1.50. The van der Waals surface area contributed by atoms with Crippen LogP contribution in [0.3, 0.4) is 0 Å². The van der Waals surface area contributed by atoms with Gasteiger partial charge in [-0.3, -0.25) is 4.79 Å². The number of carbonyl (C=O) groups excluding carboxylic acids is 1. The number of rotatable bonds is 2. The summed E-state index contributed by atoms with van der Waals surface area (Å²) in [4.78, 5) is 10.7. The van der Waals surface area contributed by atoms with Crippen LogP contribution in [-0.2, 0) is 4.79 Å². The second kappa shape index (κ2) is 3.01. The lowest BCUT2D eigenvalue weighted by molar-refractivity contribution is -0.121. The van der Waals surface area contributed by atoms with E-state index in [-0.39, 0.29) is 11.8 Å². The largest absolute Gasteiger partial charge is 0.369 e. The van der Waals surface area contributed by atoms with Crippen molar-refractivity contribution in [3.05, 3.63) is 0 Å². The van der Waals surface area contributed by atoms with Gasteiger partial charge in [-0.1, -0.05) is 0 Å². The molecule has 1 saturated carbocycles. The summed E-state index contributed by atoms with van der Waals surface area (Å²) in [6, 6.07) is 0.512. The molecule has 0 bridgehead atoms. The molecule has 0 aliphatic heterocycles. The number of nitrogens with two attached hydrogens (primary N) is 1. The summed E-state index contributed by atoms with van der Waals surface area (Å²) in [7, 11) is 1.92. The number of nitrogens with one attached hydrogen (secondary N) is 1. The van der Waals surface area contributed by atoms with Crippen LogP contribution in [0.5, 0.6) is 0 Å². The molecule has 0 radical (unpaired) electrons. The quantitative estimate of drug-likeness (QED) is 0.564. The third-order valence-electron chi connectivity index (χ3n) is 2.24. The van der Waals surface area contributed by atoms with E-state index in [4.69, 9.17) is 5.73 Å². The average Bonchev–Trinajstić information content (AvgIpc) is 2.34. The van der Waals surface area contributed by atoms with E-state index in [1.807, 2.05) is 7.05 Å². The summed E-state index contributed by atoms with van der Waals surface area (Å²) in [6.45, 7) is 0. The van der Waals surface area contributed by atoms with Crippen LogP contribution in [0.1, 0.15) is 19.3 Å². The van der Waals surface area contributed by atoms with Crippen LogP contribution in [-0.4, -0.2) is 19.0 Å². The highest BCUT2D eigenvalue weighted by atomic mass is 16.1. The Morgan fingerprint density at radius 1 is 1.60 bits per heavy atom. The predicted octanol–water partition coefficient (Wildman–Crippen LogP) is -0.140. The van der Waals surface area contributed by atoms with Crippen molar-refractivity contribution >= 4 is 5.91 Å². The van der Waals surface area contributed by atoms with Crippen molar-refractivity contribution in [2.24, 2.45) is 11.7 Å². The standard InChI is InChI=1S/C7H14N2O/c1-9-6-3-2-5(4-6)7(8)10/h5-6,9H,2-4H2,1H3,(H2,8,10). The van der Waals surface area contributed by atoms with Crippen molar-refractivity contribution < 1.29 is 4.79 Å². The summed E-state index contributed by atoms with van der Waals surface area (Å²) in [5, 5.41) is 3.14. The van der Waals surface area contributed by atoms with Gasteiger partial charge in [0.05, 0.1) is 0 Å². The molecule has 1 rings (SSSR count). The molecule has 0 aromatic carbocycles. The van der Waals surface area contributed by atoms with Gasteiger partial charge in [0.1, 0.15) is 0 Å². The molecular weight excluding hydrogens is 128 g/mol.